The van der Waals surface area contributed by atoms with E-state index in [1.807, 2.05) is 24.5 Å². The summed E-state index contributed by atoms with van der Waals surface area (Å²) in [7, 11) is 0. The Hall–Kier alpha value is -3.19. The molecule has 0 aliphatic carbocycles. The molecule has 0 bridgehead atoms. The van der Waals surface area contributed by atoms with Gasteiger partial charge >= 0.3 is 0 Å². The van der Waals surface area contributed by atoms with Gasteiger partial charge in [-0.25, -0.2) is 4.98 Å². The number of furan rings is 1. The van der Waals surface area contributed by atoms with Crippen LogP contribution in [0.5, 0.6) is 0 Å². The molecule has 0 aromatic carbocycles. The molecule has 0 amide bonds. The molecule has 1 fully saturated rings. The second-order valence-electron chi connectivity index (χ2n) is 6.87. The van der Waals surface area contributed by atoms with Crippen LogP contribution in [-0.4, -0.2) is 32.8 Å². The highest BCUT2D eigenvalue weighted by atomic mass is 16.3. The van der Waals surface area contributed by atoms with Crippen molar-refractivity contribution in [2.45, 2.75) is 18.9 Å². The first-order chi connectivity index (χ1) is 13.3. The fourth-order valence-corrected chi connectivity index (χ4v) is 3.63. The molecule has 136 valence electrons. The molecule has 7 heteroatoms. The molecular formula is C20H20N6O. The number of fused-ring (bicyclic) bond motifs is 1. The Labute approximate surface area is 156 Å². The maximum Gasteiger partial charge on any atom is 0.153 e. The summed E-state index contributed by atoms with van der Waals surface area (Å²) >= 11 is 0. The lowest BCUT2D eigenvalue weighted by atomic mass is 10.1. The van der Waals surface area contributed by atoms with E-state index in [-0.39, 0.29) is 0 Å². The molecular weight excluding hydrogens is 340 g/mol. The number of anilines is 1. The number of hydrogen-bond donors (Lipinski definition) is 2. The van der Waals surface area contributed by atoms with Crippen LogP contribution in [0.25, 0.3) is 33.4 Å². The number of rotatable bonds is 3. The van der Waals surface area contributed by atoms with Gasteiger partial charge in [0.05, 0.1) is 18.4 Å². The van der Waals surface area contributed by atoms with E-state index in [9.17, 15) is 0 Å². The molecule has 5 heterocycles. The van der Waals surface area contributed by atoms with Gasteiger partial charge in [-0.3, -0.25) is 9.67 Å². The van der Waals surface area contributed by atoms with Crippen molar-refractivity contribution in [1.29, 1.82) is 0 Å². The van der Waals surface area contributed by atoms with Crippen molar-refractivity contribution in [2.75, 3.05) is 18.8 Å². The largest absolute Gasteiger partial charge is 0.454 e. The van der Waals surface area contributed by atoms with Crippen molar-refractivity contribution in [2.24, 2.45) is 0 Å². The SMILES string of the molecule is Nc1ccc(-c2cc3c(-c4cnn(C5CCNCC5)c4)cncc3o2)cn1. The van der Waals surface area contributed by atoms with Gasteiger partial charge < -0.3 is 15.5 Å². The summed E-state index contributed by atoms with van der Waals surface area (Å²) in [5, 5.41) is 9.01. The molecule has 1 aliphatic heterocycles. The molecule has 0 atom stereocenters. The van der Waals surface area contributed by atoms with Crippen molar-refractivity contribution in [3.05, 3.63) is 49.2 Å². The third kappa shape index (κ3) is 2.96. The van der Waals surface area contributed by atoms with Gasteiger partial charge in [0.15, 0.2) is 5.58 Å². The predicted molar refractivity (Wildman–Crippen MR) is 104 cm³/mol. The van der Waals surface area contributed by atoms with Gasteiger partial charge in [-0.1, -0.05) is 0 Å². The van der Waals surface area contributed by atoms with Gasteiger partial charge in [-0.15, -0.1) is 0 Å². The summed E-state index contributed by atoms with van der Waals surface area (Å²) < 4.78 is 8.08. The van der Waals surface area contributed by atoms with E-state index in [0.29, 0.717) is 11.9 Å². The molecule has 1 saturated heterocycles. The summed E-state index contributed by atoms with van der Waals surface area (Å²) in [6.45, 7) is 2.08. The van der Waals surface area contributed by atoms with Crippen molar-refractivity contribution in [1.82, 2.24) is 25.1 Å². The van der Waals surface area contributed by atoms with Gasteiger partial charge in [0.1, 0.15) is 11.6 Å². The Bertz CT molecular complexity index is 1080. The van der Waals surface area contributed by atoms with Crippen LogP contribution in [0.3, 0.4) is 0 Å². The number of pyridine rings is 2. The number of aromatic nitrogens is 4. The quantitative estimate of drug-likeness (QED) is 0.582. The molecule has 7 nitrogen and oxygen atoms in total. The summed E-state index contributed by atoms with van der Waals surface area (Å²) in [6, 6.07) is 6.15. The highest BCUT2D eigenvalue weighted by Crippen LogP contribution is 2.34. The number of hydrogen-bond acceptors (Lipinski definition) is 6. The third-order valence-electron chi connectivity index (χ3n) is 5.11. The molecule has 1 aliphatic rings. The smallest absolute Gasteiger partial charge is 0.153 e. The van der Waals surface area contributed by atoms with E-state index in [1.54, 1.807) is 18.5 Å². The van der Waals surface area contributed by atoms with Crippen LogP contribution in [-0.2, 0) is 0 Å². The van der Waals surface area contributed by atoms with Gasteiger partial charge in [-0.2, -0.15) is 5.10 Å². The summed E-state index contributed by atoms with van der Waals surface area (Å²) in [5.74, 6) is 1.24. The zero-order valence-corrected chi connectivity index (χ0v) is 14.8. The first-order valence-electron chi connectivity index (χ1n) is 9.12. The van der Waals surface area contributed by atoms with Crippen LogP contribution < -0.4 is 11.1 Å². The lowest BCUT2D eigenvalue weighted by molar-refractivity contribution is 0.343. The Morgan fingerprint density at radius 1 is 1.07 bits per heavy atom. The molecule has 4 aromatic heterocycles. The Morgan fingerprint density at radius 3 is 2.78 bits per heavy atom. The van der Waals surface area contributed by atoms with Crippen molar-refractivity contribution in [3.63, 3.8) is 0 Å². The average Bonchev–Trinajstić information content (AvgIpc) is 3.36. The highest BCUT2D eigenvalue weighted by molar-refractivity contribution is 5.95. The van der Waals surface area contributed by atoms with Crippen LogP contribution in [0, 0.1) is 0 Å². The fraction of sp³-hybridized carbons (Fsp3) is 0.250. The molecule has 0 radical (unpaired) electrons. The summed E-state index contributed by atoms with van der Waals surface area (Å²) in [5.41, 5.74) is 9.38. The molecule has 27 heavy (non-hydrogen) atoms. The average molecular weight is 360 g/mol. The minimum absolute atomic E-state index is 0.452. The van der Waals surface area contributed by atoms with Gasteiger partial charge in [0.25, 0.3) is 0 Å². The lowest BCUT2D eigenvalue weighted by Crippen LogP contribution is -2.29. The van der Waals surface area contributed by atoms with Gasteiger partial charge in [0.2, 0.25) is 0 Å². The molecule has 4 aromatic rings. The summed E-state index contributed by atoms with van der Waals surface area (Å²) in [4.78, 5) is 8.50. The standard InChI is InChI=1S/C20H20N6O/c21-20-2-1-13(8-24-20)18-7-16-17(10-23-11-19(16)27-18)14-9-25-26(12-14)15-3-5-22-6-4-15/h1-2,7-12,15,22H,3-6H2,(H2,21,24). The number of piperidine rings is 1. The van der Waals surface area contributed by atoms with Crippen molar-refractivity contribution in [3.8, 4) is 22.5 Å². The zero-order chi connectivity index (χ0) is 18.2. The number of nitrogens with one attached hydrogen (secondary N) is 1. The fourth-order valence-electron chi connectivity index (χ4n) is 3.63. The second kappa shape index (κ2) is 6.51. The number of nitrogens with two attached hydrogens (primary N) is 1. The van der Waals surface area contributed by atoms with Crippen molar-refractivity contribution >= 4 is 16.8 Å². The molecule has 0 unspecified atom stereocenters. The van der Waals surface area contributed by atoms with E-state index < -0.39 is 0 Å². The first kappa shape index (κ1) is 16.0. The normalized spacial score (nSPS) is 15.4. The molecule has 3 N–H and O–H groups in total. The number of nitrogen functional groups attached to an aromatic ring is 1. The minimum Gasteiger partial charge on any atom is -0.454 e. The molecule has 0 saturated carbocycles. The molecule has 5 rings (SSSR count). The predicted octanol–water partition coefficient (Wildman–Crippen LogP) is 3.26. The first-order valence-corrected chi connectivity index (χ1v) is 9.12. The van der Waals surface area contributed by atoms with E-state index in [4.69, 9.17) is 10.2 Å². The lowest BCUT2D eigenvalue weighted by Gasteiger charge is -2.22. The summed E-state index contributed by atoms with van der Waals surface area (Å²) in [6.07, 6.45) is 11.6. The van der Waals surface area contributed by atoms with Crippen LogP contribution >= 0.6 is 0 Å². The van der Waals surface area contributed by atoms with Crippen LogP contribution in [0.15, 0.2) is 53.6 Å². The van der Waals surface area contributed by atoms with E-state index in [0.717, 1.165) is 59.4 Å². The number of nitrogens with zero attached hydrogens (tertiary/aromatic N) is 4. The monoisotopic (exact) mass is 360 g/mol. The minimum atomic E-state index is 0.452. The Balaban J connectivity index is 1.53. The third-order valence-corrected chi connectivity index (χ3v) is 5.11. The van der Waals surface area contributed by atoms with E-state index >= 15 is 0 Å². The maximum atomic E-state index is 6.00. The van der Waals surface area contributed by atoms with Gasteiger partial charge in [-0.05, 0) is 44.1 Å². The topological polar surface area (TPSA) is 94.8 Å². The zero-order valence-electron chi connectivity index (χ0n) is 14.8. The highest BCUT2D eigenvalue weighted by Gasteiger charge is 2.18. The van der Waals surface area contributed by atoms with E-state index in [2.05, 4.69) is 31.3 Å². The Morgan fingerprint density at radius 2 is 1.96 bits per heavy atom. The van der Waals surface area contributed by atoms with Crippen LogP contribution in [0.2, 0.25) is 0 Å². The van der Waals surface area contributed by atoms with Crippen LogP contribution in [0.1, 0.15) is 18.9 Å². The second-order valence-corrected chi connectivity index (χ2v) is 6.87. The van der Waals surface area contributed by atoms with Crippen molar-refractivity contribution < 1.29 is 4.42 Å². The Kier molecular flexibility index (Phi) is 3.86. The van der Waals surface area contributed by atoms with Gasteiger partial charge in [0, 0.05) is 40.7 Å². The maximum absolute atomic E-state index is 6.00. The molecule has 0 spiro atoms. The van der Waals surface area contributed by atoms with E-state index in [1.165, 1.54) is 0 Å². The van der Waals surface area contributed by atoms with Crippen LogP contribution in [0.4, 0.5) is 5.82 Å².